The summed E-state index contributed by atoms with van der Waals surface area (Å²) in [5.41, 5.74) is 1.77. The molecule has 3 heteroatoms. The summed E-state index contributed by atoms with van der Waals surface area (Å²) in [6.45, 7) is 5.34. The quantitative estimate of drug-likeness (QED) is 0.847. The monoisotopic (exact) mass is 273 g/mol. The van der Waals surface area contributed by atoms with Crippen molar-refractivity contribution in [1.29, 1.82) is 0 Å². The van der Waals surface area contributed by atoms with Crippen LogP contribution in [0.1, 0.15) is 25.0 Å². The van der Waals surface area contributed by atoms with E-state index >= 15 is 0 Å². The smallest absolute Gasteiger partial charge is 0.134 e. The molecule has 0 aliphatic rings. The summed E-state index contributed by atoms with van der Waals surface area (Å²) in [6.07, 6.45) is 0.949. The van der Waals surface area contributed by atoms with Gasteiger partial charge in [0.1, 0.15) is 17.3 Å². The predicted octanol–water partition coefficient (Wildman–Crippen LogP) is 4.29. The Bertz CT molecular complexity index is 569. The minimum absolute atomic E-state index is 0.241. The summed E-state index contributed by atoms with van der Waals surface area (Å²) in [5, 5.41) is 3.13. The van der Waals surface area contributed by atoms with Gasteiger partial charge in [0, 0.05) is 12.1 Å². The third-order valence-corrected chi connectivity index (χ3v) is 3.16. The molecule has 0 amide bonds. The van der Waals surface area contributed by atoms with Crippen LogP contribution in [0, 0.1) is 5.82 Å². The molecule has 0 aliphatic heterocycles. The number of aryl methyl sites for hydroxylation is 1. The van der Waals surface area contributed by atoms with Crippen LogP contribution in [-0.2, 0) is 13.0 Å². The third-order valence-electron chi connectivity index (χ3n) is 3.16. The highest BCUT2D eigenvalue weighted by Gasteiger charge is 2.10. The summed E-state index contributed by atoms with van der Waals surface area (Å²) >= 11 is 0. The van der Waals surface area contributed by atoms with Gasteiger partial charge in [-0.2, -0.15) is 0 Å². The third kappa shape index (κ3) is 3.58. The highest BCUT2D eigenvalue weighted by Crippen LogP contribution is 2.27. The maximum absolute atomic E-state index is 13.9. The van der Waals surface area contributed by atoms with Crippen LogP contribution in [-0.4, -0.2) is 6.54 Å². The summed E-state index contributed by atoms with van der Waals surface area (Å²) in [4.78, 5) is 0. The van der Waals surface area contributed by atoms with Gasteiger partial charge in [0.2, 0.25) is 0 Å². The lowest BCUT2D eigenvalue weighted by atomic mass is 10.1. The molecular weight excluding hydrogens is 253 g/mol. The van der Waals surface area contributed by atoms with Crippen LogP contribution in [0.4, 0.5) is 4.39 Å². The summed E-state index contributed by atoms with van der Waals surface area (Å²) < 4.78 is 19.8. The summed E-state index contributed by atoms with van der Waals surface area (Å²) in [7, 11) is 0. The largest absolute Gasteiger partial charge is 0.457 e. The van der Waals surface area contributed by atoms with Crippen LogP contribution < -0.4 is 10.1 Å². The number of hydrogen-bond acceptors (Lipinski definition) is 2. The van der Waals surface area contributed by atoms with Gasteiger partial charge < -0.3 is 10.1 Å². The van der Waals surface area contributed by atoms with Crippen molar-refractivity contribution in [1.82, 2.24) is 5.32 Å². The fourth-order valence-corrected chi connectivity index (χ4v) is 2.01. The topological polar surface area (TPSA) is 21.3 Å². The fraction of sp³-hybridized carbons (Fsp3) is 0.294. The normalized spacial score (nSPS) is 10.6. The average molecular weight is 273 g/mol. The number of hydrogen-bond donors (Lipinski definition) is 1. The molecular formula is C17H20FNO. The zero-order valence-electron chi connectivity index (χ0n) is 11.9. The first kappa shape index (κ1) is 14.5. The molecule has 0 radical (unpaired) electrons. The minimum Gasteiger partial charge on any atom is -0.457 e. The fourth-order valence-electron chi connectivity index (χ4n) is 2.01. The molecule has 0 fully saturated rings. The van der Waals surface area contributed by atoms with Crippen molar-refractivity contribution in [2.45, 2.75) is 26.8 Å². The van der Waals surface area contributed by atoms with E-state index in [0.717, 1.165) is 18.7 Å². The molecule has 1 N–H and O–H groups in total. The highest BCUT2D eigenvalue weighted by atomic mass is 19.1. The van der Waals surface area contributed by atoms with E-state index in [-0.39, 0.29) is 5.82 Å². The zero-order chi connectivity index (χ0) is 14.4. The van der Waals surface area contributed by atoms with Crippen molar-refractivity contribution in [3.05, 3.63) is 59.4 Å². The van der Waals surface area contributed by atoms with Gasteiger partial charge in [0.15, 0.2) is 0 Å². The van der Waals surface area contributed by atoms with Crippen molar-refractivity contribution in [3.8, 4) is 11.5 Å². The molecule has 2 nitrogen and oxygen atoms in total. The van der Waals surface area contributed by atoms with Crippen molar-refractivity contribution in [2.75, 3.05) is 6.54 Å². The van der Waals surface area contributed by atoms with Gasteiger partial charge in [0.05, 0.1) is 0 Å². The number of rotatable bonds is 6. The molecule has 0 saturated heterocycles. The first-order chi connectivity index (χ1) is 9.74. The molecule has 0 bridgehead atoms. The molecule has 0 aliphatic carbocycles. The van der Waals surface area contributed by atoms with E-state index in [1.165, 1.54) is 11.6 Å². The van der Waals surface area contributed by atoms with E-state index < -0.39 is 0 Å². The van der Waals surface area contributed by atoms with Crippen LogP contribution in [0.15, 0.2) is 42.5 Å². The van der Waals surface area contributed by atoms with Gasteiger partial charge >= 0.3 is 0 Å². The highest BCUT2D eigenvalue weighted by molar-refractivity contribution is 5.39. The zero-order valence-corrected chi connectivity index (χ0v) is 11.9. The lowest BCUT2D eigenvalue weighted by molar-refractivity contribution is 0.462. The summed E-state index contributed by atoms with van der Waals surface area (Å²) in [6, 6.07) is 12.8. The molecule has 0 aromatic heterocycles. The van der Waals surface area contributed by atoms with Crippen LogP contribution in [0.5, 0.6) is 11.5 Å². The molecule has 2 rings (SSSR count). The first-order valence-corrected chi connectivity index (χ1v) is 6.99. The lowest BCUT2D eigenvalue weighted by Crippen LogP contribution is -2.13. The van der Waals surface area contributed by atoms with E-state index in [9.17, 15) is 4.39 Å². The molecule has 20 heavy (non-hydrogen) atoms. The minimum atomic E-state index is -0.241. The Morgan fingerprint density at radius 2 is 1.90 bits per heavy atom. The van der Waals surface area contributed by atoms with Gasteiger partial charge in [0.25, 0.3) is 0 Å². The molecule has 0 spiro atoms. The Hall–Kier alpha value is -1.87. The van der Waals surface area contributed by atoms with Crippen molar-refractivity contribution in [3.63, 3.8) is 0 Å². The number of halogens is 1. The van der Waals surface area contributed by atoms with E-state index in [0.29, 0.717) is 17.9 Å². The van der Waals surface area contributed by atoms with Crippen LogP contribution >= 0.6 is 0 Å². The molecule has 106 valence electrons. The Balaban J connectivity index is 2.25. The second-order valence-electron chi connectivity index (χ2n) is 4.60. The Morgan fingerprint density at radius 3 is 2.65 bits per heavy atom. The first-order valence-electron chi connectivity index (χ1n) is 6.99. The van der Waals surface area contributed by atoms with E-state index in [2.05, 4.69) is 18.3 Å². The molecule has 0 atom stereocenters. The second-order valence-corrected chi connectivity index (χ2v) is 4.60. The SMILES string of the molecule is CCNCc1c(F)cccc1Oc1cccc(CC)c1. The van der Waals surface area contributed by atoms with E-state index in [1.54, 1.807) is 12.1 Å². The Labute approximate surface area is 119 Å². The van der Waals surface area contributed by atoms with Gasteiger partial charge in [-0.1, -0.05) is 32.0 Å². The van der Waals surface area contributed by atoms with Crippen LogP contribution in [0.3, 0.4) is 0 Å². The molecule has 0 heterocycles. The van der Waals surface area contributed by atoms with Crippen LogP contribution in [0.25, 0.3) is 0 Å². The van der Waals surface area contributed by atoms with E-state index in [1.807, 2.05) is 25.1 Å². The number of ether oxygens (including phenoxy) is 1. The van der Waals surface area contributed by atoms with Gasteiger partial charge in [-0.25, -0.2) is 4.39 Å². The standard InChI is InChI=1S/C17H20FNO/c1-3-13-7-5-8-14(11-13)20-17-10-6-9-16(18)15(17)12-19-4-2/h5-11,19H,3-4,12H2,1-2H3. The maximum atomic E-state index is 13.9. The van der Waals surface area contributed by atoms with E-state index in [4.69, 9.17) is 4.74 Å². The lowest BCUT2D eigenvalue weighted by Gasteiger charge is -2.13. The van der Waals surface area contributed by atoms with Crippen molar-refractivity contribution < 1.29 is 9.13 Å². The van der Waals surface area contributed by atoms with Crippen molar-refractivity contribution in [2.24, 2.45) is 0 Å². The maximum Gasteiger partial charge on any atom is 0.134 e. The number of benzene rings is 2. The number of nitrogens with one attached hydrogen (secondary N) is 1. The molecule has 0 unspecified atom stereocenters. The van der Waals surface area contributed by atoms with Crippen LogP contribution in [0.2, 0.25) is 0 Å². The predicted molar refractivity (Wildman–Crippen MR) is 79.7 cm³/mol. The van der Waals surface area contributed by atoms with Gasteiger partial charge in [-0.15, -0.1) is 0 Å². The Kier molecular flexibility index (Phi) is 5.13. The second kappa shape index (κ2) is 7.06. The van der Waals surface area contributed by atoms with Gasteiger partial charge in [-0.3, -0.25) is 0 Å². The molecule has 2 aromatic carbocycles. The summed E-state index contributed by atoms with van der Waals surface area (Å²) in [5.74, 6) is 1.07. The molecule has 2 aromatic rings. The Morgan fingerprint density at radius 1 is 1.10 bits per heavy atom. The average Bonchev–Trinajstić information content (AvgIpc) is 2.47. The molecule has 0 saturated carbocycles. The van der Waals surface area contributed by atoms with Crippen molar-refractivity contribution >= 4 is 0 Å². The van der Waals surface area contributed by atoms with Gasteiger partial charge in [-0.05, 0) is 42.8 Å².